The fraction of sp³-hybridized carbons (Fsp3) is 0.231. The van der Waals surface area contributed by atoms with Crippen molar-refractivity contribution in [2.24, 2.45) is 0 Å². The van der Waals surface area contributed by atoms with Crippen LogP contribution in [0.15, 0.2) is 72.8 Å². The molecule has 3 aromatic rings. The molecule has 0 radical (unpaired) electrons. The fourth-order valence-corrected chi connectivity index (χ4v) is 6.85. The average Bonchev–Trinajstić information content (AvgIpc) is 2.71. The minimum Gasteiger partial charge on any atom is -0.289 e. The smallest absolute Gasteiger partial charge is 0.192 e. The summed E-state index contributed by atoms with van der Waals surface area (Å²) < 4.78 is 0. The SMILES string of the molecule is C[Si](C)(C)c1cc(C(=O)c2ccccc2)c([Si](C)(C)C)cc1C(=O)c1ccccc1. The minimum atomic E-state index is -1.89. The Balaban J connectivity index is 2.29. The number of ketones is 2. The van der Waals surface area contributed by atoms with Crippen LogP contribution in [0.25, 0.3) is 0 Å². The summed E-state index contributed by atoms with van der Waals surface area (Å²) in [5.41, 5.74) is 2.92. The maximum atomic E-state index is 13.5. The third-order valence-electron chi connectivity index (χ3n) is 5.33. The van der Waals surface area contributed by atoms with Gasteiger partial charge in [0.15, 0.2) is 11.6 Å². The van der Waals surface area contributed by atoms with Crippen molar-refractivity contribution < 1.29 is 9.59 Å². The number of carbonyl (C=O) groups is 2. The van der Waals surface area contributed by atoms with E-state index in [0.717, 1.165) is 21.5 Å². The van der Waals surface area contributed by atoms with E-state index in [2.05, 4.69) is 39.3 Å². The van der Waals surface area contributed by atoms with E-state index in [9.17, 15) is 9.59 Å². The highest BCUT2D eigenvalue weighted by molar-refractivity contribution is 6.91. The van der Waals surface area contributed by atoms with E-state index in [1.165, 1.54) is 0 Å². The number of hydrogen-bond donors (Lipinski definition) is 0. The van der Waals surface area contributed by atoms with Crippen LogP contribution in [0.5, 0.6) is 0 Å². The zero-order valence-corrected chi connectivity index (χ0v) is 20.7. The van der Waals surface area contributed by atoms with E-state index in [1.807, 2.05) is 72.8 Å². The van der Waals surface area contributed by atoms with Gasteiger partial charge in [0.05, 0.1) is 16.1 Å². The molecule has 0 saturated heterocycles. The van der Waals surface area contributed by atoms with Gasteiger partial charge in [0.1, 0.15) is 0 Å². The molecule has 30 heavy (non-hydrogen) atoms. The molecule has 0 aliphatic heterocycles. The predicted octanol–water partition coefficient (Wildman–Crippen LogP) is 5.24. The Bertz CT molecular complexity index is 985. The summed E-state index contributed by atoms with van der Waals surface area (Å²) in [6.07, 6.45) is 0. The highest BCUT2D eigenvalue weighted by Gasteiger charge is 2.31. The Morgan fingerprint density at radius 2 is 0.833 bits per heavy atom. The first-order valence-electron chi connectivity index (χ1n) is 10.4. The Morgan fingerprint density at radius 3 is 1.10 bits per heavy atom. The summed E-state index contributed by atoms with van der Waals surface area (Å²) in [6.45, 7) is 13.4. The normalized spacial score (nSPS) is 11.9. The molecule has 2 nitrogen and oxygen atoms in total. The molecule has 0 unspecified atom stereocenters. The summed E-state index contributed by atoms with van der Waals surface area (Å²) in [5, 5.41) is 2.11. The van der Waals surface area contributed by atoms with Crippen LogP contribution in [0.3, 0.4) is 0 Å². The molecule has 3 rings (SSSR count). The summed E-state index contributed by atoms with van der Waals surface area (Å²) in [4.78, 5) is 27.0. The van der Waals surface area contributed by atoms with Crippen LogP contribution in [-0.2, 0) is 0 Å². The van der Waals surface area contributed by atoms with Gasteiger partial charge >= 0.3 is 0 Å². The number of carbonyl (C=O) groups excluding carboxylic acids is 2. The lowest BCUT2D eigenvalue weighted by atomic mass is 9.98. The van der Waals surface area contributed by atoms with Gasteiger partial charge in [-0.3, -0.25) is 9.59 Å². The summed E-state index contributed by atoms with van der Waals surface area (Å²) in [6, 6.07) is 23.0. The van der Waals surface area contributed by atoms with Gasteiger partial charge in [-0.15, -0.1) is 0 Å². The second-order valence-electron chi connectivity index (χ2n) is 9.83. The molecule has 0 aliphatic carbocycles. The van der Waals surface area contributed by atoms with E-state index in [0.29, 0.717) is 11.1 Å². The van der Waals surface area contributed by atoms with Crippen LogP contribution in [0.2, 0.25) is 39.3 Å². The van der Waals surface area contributed by atoms with Gasteiger partial charge in [-0.25, -0.2) is 0 Å². The lowest BCUT2D eigenvalue weighted by Gasteiger charge is -2.27. The molecule has 0 bridgehead atoms. The van der Waals surface area contributed by atoms with E-state index < -0.39 is 16.1 Å². The lowest BCUT2D eigenvalue weighted by Crippen LogP contribution is -2.48. The molecule has 0 saturated carbocycles. The Kier molecular flexibility index (Phi) is 6.11. The molecule has 0 aromatic heterocycles. The van der Waals surface area contributed by atoms with E-state index in [-0.39, 0.29) is 11.6 Å². The minimum absolute atomic E-state index is 0.0474. The molecule has 3 aromatic carbocycles. The average molecular weight is 431 g/mol. The van der Waals surface area contributed by atoms with E-state index in [4.69, 9.17) is 0 Å². The number of benzene rings is 3. The quantitative estimate of drug-likeness (QED) is 0.396. The molecule has 0 atom stereocenters. The van der Waals surface area contributed by atoms with Gasteiger partial charge in [0.2, 0.25) is 0 Å². The molecule has 0 fully saturated rings. The van der Waals surface area contributed by atoms with Crippen molar-refractivity contribution in [3.05, 3.63) is 95.1 Å². The summed E-state index contributed by atoms with van der Waals surface area (Å²) >= 11 is 0. The van der Waals surface area contributed by atoms with Crippen LogP contribution >= 0.6 is 0 Å². The molecular formula is C26H30O2Si2. The highest BCUT2D eigenvalue weighted by atomic mass is 28.3. The molecule has 0 aliphatic rings. The van der Waals surface area contributed by atoms with Gasteiger partial charge in [0.25, 0.3) is 0 Å². The third kappa shape index (κ3) is 4.60. The summed E-state index contributed by atoms with van der Waals surface area (Å²) in [7, 11) is -3.78. The maximum absolute atomic E-state index is 13.5. The van der Waals surface area contributed by atoms with Crippen LogP contribution in [-0.4, -0.2) is 27.7 Å². The lowest BCUT2D eigenvalue weighted by molar-refractivity contribution is 0.102. The molecule has 0 amide bonds. The second-order valence-corrected chi connectivity index (χ2v) is 19.9. The van der Waals surface area contributed by atoms with Gasteiger partial charge in [-0.2, -0.15) is 0 Å². The van der Waals surface area contributed by atoms with Gasteiger partial charge in [0, 0.05) is 22.3 Å². The van der Waals surface area contributed by atoms with Gasteiger partial charge in [-0.1, -0.05) is 112 Å². The van der Waals surface area contributed by atoms with Crippen molar-refractivity contribution in [1.82, 2.24) is 0 Å². The topological polar surface area (TPSA) is 34.1 Å². The first-order valence-corrected chi connectivity index (χ1v) is 17.4. The second kappa shape index (κ2) is 8.28. The van der Waals surface area contributed by atoms with Crippen LogP contribution in [0.4, 0.5) is 0 Å². The third-order valence-corrected chi connectivity index (χ3v) is 9.39. The van der Waals surface area contributed by atoms with Crippen molar-refractivity contribution in [2.75, 3.05) is 0 Å². The Morgan fingerprint density at radius 1 is 0.533 bits per heavy atom. The number of hydrogen-bond acceptors (Lipinski definition) is 2. The van der Waals surface area contributed by atoms with E-state index >= 15 is 0 Å². The predicted molar refractivity (Wildman–Crippen MR) is 132 cm³/mol. The zero-order chi connectivity index (χ0) is 22.1. The molecular weight excluding hydrogens is 400 g/mol. The zero-order valence-electron chi connectivity index (χ0n) is 18.7. The maximum Gasteiger partial charge on any atom is 0.192 e. The van der Waals surface area contributed by atoms with Crippen molar-refractivity contribution in [3.63, 3.8) is 0 Å². The molecule has 4 heteroatoms. The summed E-state index contributed by atoms with van der Waals surface area (Å²) in [5.74, 6) is 0.0949. The van der Waals surface area contributed by atoms with Crippen LogP contribution < -0.4 is 10.4 Å². The fourth-order valence-electron chi connectivity index (χ4n) is 3.71. The first-order chi connectivity index (χ1) is 14.0. The largest absolute Gasteiger partial charge is 0.289 e. The number of rotatable bonds is 6. The van der Waals surface area contributed by atoms with Crippen molar-refractivity contribution in [3.8, 4) is 0 Å². The van der Waals surface area contributed by atoms with Crippen molar-refractivity contribution in [2.45, 2.75) is 39.3 Å². The van der Waals surface area contributed by atoms with Gasteiger partial charge in [-0.05, 0) is 10.4 Å². The molecule has 0 heterocycles. The molecule has 0 spiro atoms. The van der Waals surface area contributed by atoms with Crippen molar-refractivity contribution in [1.29, 1.82) is 0 Å². The standard InChI is InChI=1S/C26H30O2Si2/c1-29(2,3)23-17-22(26(28)20-15-11-8-12-16-20)24(30(4,5)6)18-21(23)25(27)19-13-9-7-10-14-19/h7-18H,1-6H3. The monoisotopic (exact) mass is 430 g/mol. The van der Waals surface area contributed by atoms with E-state index in [1.54, 1.807) is 0 Å². The Hall–Kier alpha value is -2.57. The van der Waals surface area contributed by atoms with Crippen molar-refractivity contribution >= 4 is 38.1 Å². The first kappa shape index (κ1) is 22.1. The molecule has 0 N–H and O–H groups in total. The van der Waals surface area contributed by atoms with Crippen LogP contribution in [0.1, 0.15) is 31.8 Å². The molecule has 154 valence electrons. The highest BCUT2D eigenvalue weighted by Crippen LogP contribution is 2.19. The van der Waals surface area contributed by atoms with Gasteiger partial charge < -0.3 is 0 Å². The van der Waals surface area contributed by atoms with Crippen LogP contribution in [0, 0.1) is 0 Å². The Labute approximate surface area is 182 Å².